The summed E-state index contributed by atoms with van der Waals surface area (Å²) < 4.78 is 6.53. The lowest BCUT2D eigenvalue weighted by molar-refractivity contribution is -0.143. The number of nitrogens with zero attached hydrogens (tertiary/aromatic N) is 1. The lowest BCUT2D eigenvalue weighted by Crippen LogP contribution is -2.41. The monoisotopic (exact) mass is 525 g/mol. The summed E-state index contributed by atoms with van der Waals surface area (Å²) in [5.74, 6) is -1.23. The number of ether oxygens (including phenoxy) is 1. The van der Waals surface area contributed by atoms with Gasteiger partial charge < -0.3 is 9.84 Å². The van der Waals surface area contributed by atoms with Gasteiger partial charge in [0.15, 0.2) is 6.04 Å². The Hall–Kier alpha value is -2.83. The summed E-state index contributed by atoms with van der Waals surface area (Å²) in [6.45, 7) is 0.135. The Kier molecular flexibility index (Phi) is 5.89. The molecule has 7 heteroatoms. The zero-order valence-electron chi connectivity index (χ0n) is 17.6. The molecule has 0 heterocycles. The van der Waals surface area contributed by atoms with Crippen molar-refractivity contribution in [3.05, 3.63) is 92.9 Å². The smallest absolute Gasteiger partial charge is 0.411 e. The molecule has 0 aromatic heterocycles. The standard InChI is InChI=1S/C26H21BrClNO4/c27-15-9-12-21(23(28)13-15)24(25(30)31)29(16-10-11-16)26(32)33-14-22-19-7-3-1-5-17(19)18-6-2-4-8-20(18)22/h1-9,12-13,16,22,24H,10-11,14H2,(H,30,31). The van der Waals surface area contributed by atoms with E-state index in [0.29, 0.717) is 5.56 Å². The van der Waals surface area contributed by atoms with Crippen molar-refractivity contribution < 1.29 is 19.4 Å². The molecule has 5 nitrogen and oxygen atoms in total. The molecule has 0 spiro atoms. The second-order valence-electron chi connectivity index (χ2n) is 8.35. The lowest BCUT2D eigenvalue weighted by Gasteiger charge is -2.29. The first-order chi connectivity index (χ1) is 16.0. The molecule has 0 bridgehead atoms. The molecular weight excluding hydrogens is 506 g/mol. The minimum absolute atomic E-state index is 0.0954. The highest BCUT2D eigenvalue weighted by Crippen LogP contribution is 2.45. The van der Waals surface area contributed by atoms with Gasteiger partial charge in [0.2, 0.25) is 0 Å². The Bertz CT molecular complexity index is 1200. The molecule has 3 aromatic carbocycles. The van der Waals surface area contributed by atoms with Gasteiger partial charge in [0.25, 0.3) is 0 Å². The fourth-order valence-corrected chi connectivity index (χ4v) is 5.39. The Morgan fingerprint density at radius 1 is 1.03 bits per heavy atom. The van der Waals surface area contributed by atoms with E-state index >= 15 is 0 Å². The van der Waals surface area contributed by atoms with Crippen molar-refractivity contribution in [2.24, 2.45) is 0 Å². The van der Waals surface area contributed by atoms with Crippen LogP contribution in [0.15, 0.2) is 71.2 Å². The Balaban J connectivity index is 1.42. The molecule has 1 saturated carbocycles. The third-order valence-electron chi connectivity index (χ3n) is 6.26. The van der Waals surface area contributed by atoms with Crippen molar-refractivity contribution in [1.29, 1.82) is 0 Å². The van der Waals surface area contributed by atoms with Crippen LogP contribution in [-0.4, -0.2) is 34.7 Å². The summed E-state index contributed by atoms with van der Waals surface area (Å²) in [6, 6.07) is 19.8. The maximum Gasteiger partial charge on any atom is 0.411 e. The van der Waals surface area contributed by atoms with Crippen LogP contribution in [0.25, 0.3) is 11.1 Å². The van der Waals surface area contributed by atoms with Gasteiger partial charge in [0.1, 0.15) is 6.61 Å². The van der Waals surface area contributed by atoms with Crippen LogP contribution < -0.4 is 0 Å². The Morgan fingerprint density at radius 2 is 1.64 bits per heavy atom. The van der Waals surface area contributed by atoms with Crippen molar-refractivity contribution in [2.75, 3.05) is 6.61 Å². The predicted molar refractivity (Wildman–Crippen MR) is 129 cm³/mol. The first-order valence-electron chi connectivity index (χ1n) is 10.8. The summed E-state index contributed by atoms with van der Waals surface area (Å²) in [4.78, 5) is 26.9. The predicted octanol–water partition coefficient (Wildman–Crippen LogP) is 6.64. The van der Waals surface area contributed by atoms with E-state index in [4.69, 9.17) is 16.3 Å². The van der Waals surface area contributed by atoms with Crippen LogP contribution in [0.3, 0.4) is 0 Å². The Labute approximate surface area is 205 Å². The van der Waals surface area contributed by atoms with Crippen LogP contribution >= 0.6 is 27.5 Å². The first-order valence-corrected chi connectivity index (χ1v) is 11.9. The molecular formula is C26H21BrClNO4. The van der Waals surface area contributed by atoms with E-state index in [1.54, 1.807) is 18.2 Å². The highest BCUT2D eigenvalue weighted by molar-refractivity contribution is 9.10. The molecule has 168 valence electrons. The van der Waals surface area contributed by atoms with Crippen molar-refractivity contribution >= 4 is 39.6 Å². The van der Waals surface area contributed by atoms with Crippen LogP contribution in [0.5, 0.6) is 0 Å². The number of carbonyl (C=O) groups excluding carboxylic acids is 1. The van der Waals surface area contributed by atoms with Gasteiger partial charge in [-0.2, -0.15) is 0 Å². The molecule has 1 unspecified atom stereocenters. The van der Waals surface area contributed by atoms with Crippen LogP contribution in [0.4, 0.5) is 4.79 Å². The second kappa shape index (κ2) is 8.84. The fraction of sp³-hybridized carbons (Fsp3) is 0.231. The summed E-state index contributed by atoms with van der Waals surface area (Å²) in [5, 5.41) is 10.3. The van der Waals surface area contributed by atoms with Crippen molar-refractivity contribution in [1.82, 2.24) is 4.90 Å². The van der Waals surface area contributed by atoms with Crippen LogP contribution in [-0.2, 0) is 9.53 Å². The molecule has 0 aliphatic heterocycles. The topological polar surface area (TPSA) is 66.8 Å². The molecule has 1 fully saturated rings. The van der Waals surface area contributed by atoms with Gasteiger partial charge >= 0.3 is 12.1 Å². The average Bonchev–Trinajstić information content (AvgIpc) is 3.58. The molecule has 1 amide bonds. The maximum atomic E-state index is 13.3. The number of hydrogen-bond donors (Lipinski definition) is 1. The number of aliphatic carboxylic acids is 1. The van der Waals surface area contributed by atoms with E-state index in [-0.39, 0.29) is 23.6 Å². The number of fused-ring (bicyclic) bond motifs is 3. The Morgan fingerprint density at radius 3 is 2.18 bits per heavy atom. The SMILES string of the molecule is O=C(O)C(c1ccc(Br)cc1Cl)N(C(=O)OCC1c2ccccc2-c2ccccc21)C1CC1. The van der Waals surface area contributed by atoms with E-state index in [2.05, 4.69) is 28.1 Å². The third kappa shape index (κ3) is 4.13. The molecule has 0 saturated heterocycles. The fourth-order valence-electron chi connectivity index (χ4n) is 4.61. The molecule has 1 atom stereocenters. The molecule has 0 radical (unpaired) electrons. The number of carboxylic acids is 1. The lowest BCUT2D eigenvalue weighted by atomic mass is 9.98. The van der Waals surface area contributed by atoms with Crippen molar-refractivity contribution in [3.63, 3.8) is 0 Å². The molecule has 1 N–H and O–H groups in total. The van der Waals surface area contributed by atoms with Gasteiger partial charge in [-0.3, -0.25) is 4.90 Å². The third-order valence-corrected chi connectivity index (χ3v) is 7.08. The van der Waals surface area contributed by atoms with Gasteiger partial charge in [-0.05, 0) is 47.2 Å². The zero-order chi connectivity index (χ0) is 23.1. The molecule has 3 aromatic rings. The first kappa shape index (κ1) is 22.0. The largest absolute Gasteiger partial charge is 0.479 e. The summed E-state index contributed by atoms with van der Waals surface area (Å²) in [5.41, 5.74) is 4.86. The van der Waals surface area contributed by atoms with E-state index < -0.39 is 18.1 Å². The minimum Gasteiger partial charge on any atom is -0.479 e. The van der Waals surface area contributed by atoms with Crippen LogP contribution in [0, 0.1) is 0 Å². The number of carbonyl (C=O) groups is 2. The average molecular weight is 527 g/mol. The number of benzene rings is 3. The number of hydrogen-bond acceptors (Lipinski definition) is 3. The quantitative estimate of drug-likeness (QED) is 0.391. The van der Waals surface area contributed by atoms with Crippen molar-refractivity contribution in [3.8, 4) is 11.1 Å². The van der Waals surface area contributed by atoms with E-state index in [9.17, 15) is 14.7 Å². The number of halogens is 2. The molecule has 2 aliphatic carbocycles. The van der Waals surface area contributed by atoms with Gasteiger partial charge in [0, 0.05) is 27.0 Å². The van der Waals surface area contributed by atoms with Crippen LogP contribution in [0.1, 0.15) is 41.5 Å². The molecule has 2 aliphatic rings. The maximum absolute atomic E-state index is 13.3. The number of carboxylic acid groups (broad SMARTS) is 1. The van der Waals surface area contributed by atoms with Crippen molar-refractivity contribution in [2.45, 2.75) is 30.8 Å². The highest BCUT2D eigenvalue weighted by Gasteiger charge is 2.43. The van der Waals surface area contributed by atoms with E-state index in [1.165, 1.54) is 4.90 Å². The minimum atomic E-state index is -1.21. The van der Waals surface area contributed by atoms with Gasteiger partial charge in [-0.15, -0.1) is 0 Å². The van der Waals surface area contributed by atoms with E-state index in [0.717, 1.165) is 39.6 Å². The number of rotatable bonds is 6. The van der Waals surface area contributed by atoms with Gasteiger partial charge in [-0.1, -0.05) is 82.1 Å². The van der Waals surface area contributed by atoms with Crippen LogP contribution in [0.2, 0.25) is 5.02 Å². The summed E-state index contributed by atoms with van der Waals surface area (Å²) in [7, 11) is 0. The molecule has 5 rings (SSSR count). The summed E-state index contributed by atoms with van der Waals surface area (Å²) >= 11 is 9.70. The van der Waals surface area contributed by atoms with Gasteiger partial charge in [-0.25, -0.2) is 9.59 Å². The van der Waals surface area contributed by atoms with Gasteiger partial charge in [0.05, 0.1) is 0 Å². The number of amides is 1. The summed E-state index contributed by atoms with van der Waals surface area (Å²) in [6.07, 6.45) is 0.843. The second-order valence-corrected chi connectivity index (χ2v) is 9.67. The highest BCUT2D eigenvalue weighted by atomic mass is 79.9. The zero-order valence-corrected chi connectivity index (χ0v) is 19.9. The normalized spacial score (nSPS) is 15.5. The van der Waals surface area contributed by atoms with E-state index in [1.807, 2.05) is 36.4 Å². The molecule has 33 heavy (non-hydrogen) atoms.